The molecule has 1 unspecified atom stereocenters. The van der Waals surface area contributed by atoms with E-state index >= 15 is 0 Å². The van der Waals surface area contributed by atoms with Crippen molar-refractivity contribution in [3.05, 3.63) is 90.0 Å². The lowest BCUT2D eigenvalue weighted by Gasteiger charge is -2.22. The Morgan fingerprint density at radius 2 is 1.67 bits per heavy atom. The zero-order valence-electron chi connectivity index (χ0n) is 18.5. The van der Waals surface area contributed by atoms with Crippen molar-refractivity contribution in [2.75, 3.05) is 36.0 Å². The molecule has 1 amide bonds. The second-order valence-electron chi connectivity index (χ2n) is 7.83. The van der Waals surface area contributed by atoms with E-state index in [0.717, 1.165) is 16.8 Å². The Kier molecular flexibility index (Phi) is 6.57. The number of hydrogen-bond donors (Lipinski definition) is 2. The number of amides is 1. The summed E-state index contributed by atoms with van der Waals surface area (Å²) in [6, 6.07) is 24.3. The molecule has 0 fully saturated rings. The van der Waals surface area contributed by atoms with Gasteiger partial charge in [-0.3, -0.25) is 14.1 Å². The van der Waals surface area contributed by atoms with Crippen LogP contribution in [-0.4, -0.2) is 46.4 Å². The smallest absolute Gasteiger partial charge is 0.238 e. The molecule has 8 heteroatoms. The second-order valence-corrected chi connectivity index (χ2v) is 9.73. The van der Waals surface area contributed by atoms with Crippen molar-refractivity contribution in [2.45, 2.75) is 5.92 Å². The number of fused-ring (bicyclic) bond motifs is 1. The molecule has 0 aliphatic carbocycles. The predicted molar refractivity (Wildman–Crippen MR) is 133 cm³/mol. The molecule has 33 heavy (non-hydrogen) atoms. The first-order valence-corrected chi connectivity index (χ1v) is 12.5. The van der Waals surface area contributed by atoms with Crippen molar-refractivity contribution in [3.63, 3.8) is 0 Å². The molecule has 3 aromatic carbocycles. The van der Waals surface area contributed by atoms with Gasteiger partial charge in [0.1, 0.15) is 5.92 Å². The van der Waals surface area contributed by atoms with Crippen molar-refractivity contribution in [3.8, 4) is 0 Å². The van der Waals surface area contributed by atoms with Crippen molar-refractivity contribution < 1.29 is 13.2 Å². The largest absolute Gasteiger partial charge is 0.325 e. The Labute approximate surface area is 194 Å². The average molecular weight is 463 g/mol. The van der Waals surface area contributed by atoms with Crippen LogP contribution < -0.4 is 14.9 Å². The highest BCUT2D eigenvalue weighted by Crippen LogP contribution is 2.36. The molecular weight excluding hydrogens is 436 g/mol. The topological polar surface area (TPSA) is 90.9 Å². The Morgan fingerprint density at radius 1 is 1.00 bits per heavy atom. The number of nitrogens with zero attached hydrogens (tertiary/aromatic N) is 2. The molecule has 1 aliphatic heterocycles. The zero-order valence-corrected chi connectivity index (χ0v) is 19.3. The molecule has 0 saturated heterocycles. The van der Waals surface area contributed by atoms with Gasteiger partial charge in [-0.2, -0.15) is 0 Å². The Bertz CT molecular complexity index is 1270. The van der Waals surface area contributed by atoms with Crippen LogP contribution in [0.25, 0.3) is 0 Å². The Hall–Kier alpha value is -3.49. The maximum absolute atomic E-state index is 12.9. The molecule has 0 saturated carbocycles. The van der Waals surface area contributed by atoms with Crippen LogP contribution in [0.2, 0.25) is 0 Å². The summed E-state index contributed by atoms with van der Waals surface area (Å²) in [6.45, 7) is 0.855. The monoisotopic (exact) mass is 462 g/mol. The van der Waals surface area contributed by atoms with Crippen molar-refractivity contribution in [2.24, 2.45) is 4.99 Å². The van der Waals surface area contributed by atoms with Gasteiger partial charge in [0.15, 0.2) is 0 Å². The number of hydrogen-bond acceptors (Lipinski definition) is 5. The number of carbonyl (C=O) groups is 1. The number of sulfonamides is 1. The minimum absolute atomic E-state index is 0.120. The van der Waals surface area contributed by atoms with Crippen molar-refractivity contribution in [1.82, 2.24) is 5.32 Å². The molecule has 0 radical (unpaired) electrons. The SMILES string of the molecule is CNCCN(c1ccc(N=C(c2ccccc2)C2C(=O)Nc3ccccc32)cc1)S(C)(=O)=O. The lowest BCUT2D eigenvalue weighted by molar-refractivity contribution is -0.115. The molecular formula is C25H26N4O3S. The highest BCUT2D eigenvalue weighted by molar-refractivity contribution is 7.92. The van der Waals surface area contributed by atoms with Gasteiger partial charge in [-0.1, -0.05) is 48.5 Å². The number of rotatable bonds is 8. The van der Waals surface area contributed by atoms with Crippen LogP contribution in [0.5, 0.6) is 0 Å². The molecule has 2 N–H and O–H groups in total. The maximum Gasteiger partial charge on any atom is 0.238 e. The molecule has 4 rings (SSSR count). The summed E-state index contributed by atoms with van der Waals surface area (Å²) in [4.78, 5) is 17.8. The highest BCUT2D eigenvalue weighted by Gasteiger charge is 2.35. The van der Waals surface area contributed by atoms with Gasteiger partial charge in [-0.25, -0.2) is 8.42 Å². The van der Waals surface area contributed by atoms with Gasteiger partial charge in [0.05, 0.1) is 23.3 Å². The summed E-state index contributed by atoms with van der Waals surface area (Å²) in [5, 5.41) is 5.92. The van der Waals surface area contributed by atoms with E-state index in [1.807, 2.05) is 54.6 Å². The fourth-order valence-electron chi connectivity index (χ4n) is 3.92. The molecule has 0 aromatic heterocycles. The molecule has 170 valence electrons. The van der Waals surface area contributed by atoms with Crippen LogP contribution in [0, 0.1) is 0 Å². The second kappa shape index (κ2) is 9.56. The van der Waals surface area contributed by atoms with Crippen LogP contribution in [0.1, 0.15) is 17.0 Å². The standard InChI is InChI=1S/C25H26N4O3S/c1-26-16-17-29(33(2,31)32)20-14-12-19(13-15-20)27-24(18-8-4-3-5-9-18)23-21-10-6-7-11-22(21)28-25(23)30/h3-15,23,26H,16-17H2,1-2H3,(H,28,30). The van der Waals surface area contributed by atoms with Gasteiger partial charge in [0, 0.05) is 18.8 Å². The molecule has 1 aliphatic rings. The minimum atomic E-state index is -3.42. The van der Waals surface area contributed by atoms with Crippen LogP contribution in [-0.2, 0) is 14.8 Å². The molecule has 3 aromatic rings. The van der Waals surface area contributed by atoms with Gasteiger partial charge in [0.25, 0.3) is 0 Å². The lowest BCUT2D eigenvalue weighted by Crippen LogP contribution is -2.35. The summed E-state index contributed by atoms with van der Waals surface area (Å²) in [6.07, 6.45) is 1.19. The van der Waals surface area contributed by atoms with Crippen molar-refractivity contribution in [1.29, 1.82) is 0 Å². The fourth-order valence-corrected chi connectivity index (χ4v) is 4.84. The summed E-state index contributed by atoms with van der Waals surface area (Å²) in [5.74, 6) is -0.655. The highest BCUT2D eigenvalue weighted by atomic mass is 32.2. The Morgan fingerprint density at radius 3 is 2.33 bits per heavy atom. The summed E-state index contributed by atoms with van der Waals surface area (Å²) in [5.41, 5.74) is 4.37. The number of likely N-dealkylation sites (N-methyl/N-ethyl adjacent to an activating group) is 1. The number of carbonyl (C=O) groups excluding carboxylic acids is 1. The third kappa shape index (κ3) is 4.97. The van der Waals surface area contributed by atoms with E-state index < -0.39 is 15.9 Å². The van der Waals surface area contributed by atoms with E-state index in [0.29, 0.717) is 30.2 Å². The number of benzene rings is 3. The normalized spacial score (nSPS) is 15.8. The van der Waals surface area contributed by atoms with Gasteiger partial charge in [0.2, 0.25) is 15.9 Å². The number of anilines is 2. The summed E-state index contributed by atoms with van der Waals surface area (Å²) >= 11 is 0. The van der Waals surface area contributed by atoms with Crippen molar-refractivity contribution >= 4 is 38.7 Å². The summed E-state index contributed by atoms with van der Waals surface area (Å²) in [7, 11) is -1.64. The first-order valence-electron chi connectivity index (χ1n) is 10.6. The summed E-state index contributed by atoms with van der Waals surface area (Å²) < 4.78 is 25.8. The fraction of sp³-hybridized carbons (Fsp3) is 0.200. The van der Waals surface area contributed by atoms with E-state index in [9.17, 15) is 13.2 Å². The van der Waals surface area contributed by atoms with Crippen LogP contribution >= 0.6 is 0 Å². The van der Waals surface area contributed by atoms with E-state index in [1.165, 1.54) is 10.6 Å². The van der Waals surface area contributed by atoms with Crippen LogP contribution in [0.4, 0.5) is 17.1 Å². The Balaban J connectivity index is 1.74. The van der Waals surface area contributed by atoms with Gasteiger partial charge in [-0.15, -0.1) is 0 Å². The van der Waals surface area contributed by atoms with E-state index in [1.54, 1.807) is 31.3 Å². The number of aliphatic imine (C=N–C) groups is 1. The maximum atomic E-state index is 12.9. The van der Waals surface area contributed by atoms with Gasteiger partial charge < -0.3 is 10.6 Å². The number of para-hydroxylation sites is 1. The van der Waals surface area contributed by atoms with Crippen LogP contribution in [0.15, 0.2) is 83.9 Å². The molecule has 0 bridgehead atoms. The van der Waals surface area contributed by atoms with Crippen LogP contribution in [0.3, 0.4) is 0 Å². The van der Waals surface area contributed by atoms with Gasteiger partial charge >= 0.3 is 0 Å². The lowest BCUT2D eigenvalue weighted by atomic mass is 9.90. The first-order chi connectivity index (χ1) is 15.9. The first kappa shape index (κ1) is 22.7. The van der Waals surface area contributed by atoms with E-state index in [4.69, 9.17) is 4.99 Å². The molecule has 1 heterocycles. The van der Waals surface area contributed by atoms with E-state index in [2.05, 4.69) is 10.6 Å². The third-order valence-corrected chi connectivity index (χ3v) is 6.68. The minimum Gasteiger partial charge on any atom is -0.325 e. The number of nitrogens with one attached hydrogen (secondary N) is 2. The molecule has 7 nitrogen and oxygen atoms in total. The van der Waals surface area contributed by atoms with E-state index in [-0.39, 0.29) is 5.91 Å². The third-order valence-electron chi connectivity index (χ3n) is 5.49. The molecule has 1 atom stereocenters. The average Bonchev–Trinajstić information content (AvgIpc) is 3.14. The van der Waals surface area contributed by atoms with Gasteiger partial charge in [-0.05, 0) is 48.5 Å². The molecule has 0 spiro atoms. The quantitative estimate of drug-likeness (QED) is 0.501. The predicted octanol–water partition coefficient (Wildman–Crippen LogP) is 3.53. The zero-order chi connectivity index (χ0) is 23.4.